The molecule has 0 radical (unpaired) electrons. The first-order valence-electron chi connectivity index (χ1n) is 14.7. The lowest BCUT2D eigenvalue weighted by Crippen LogP contribution is -2.62. The maximum atomic E-state index is 13.4. The van der Waals surface area contributed by atoms with Crippen LogP contribution in [0.15, 0.2) is 53.8 Å². The van der Waals surface area contributed by atoms with Crippen molar-refractivity contribution in [2.75, 3.05) is 6.61 Å². The molecule has 0 unspecified atom stereocenters. The van der Waals surface area contributed by atoms with E-state index < -0.39 is 41.6 Å². The zero-order chi connectivity index (χ0) is 31.5. The standard InChI is InChI=1S/C32H38N2O5.CH2O3/c1-18-11-23-25-12-19(2)32(38,28(37)17-39-20(3)35)31(25,5)15-27(36)29(23)30(4)14-21-16-33-34(26(21)13-24(18)30)22-9-7-6-8-10-22;2-1(3)4/h6-11,13,16,19,23,25,27,29,36,38H,12,14-15,17H2,1-5H3;(H2,2,3,4)/t19-,23+,25+,27+,29-,30+,31+,32+;/m1./s1. The molecule has 10 nitrogen and oxygen atoms in total. The number of allylic oxidation sites excluding steroid dienone is 3. The number of ether oxygens (including phenoxy) is 1. The Bertz CT molecular complexity index is 1510. The molecule has 0 bridgehead atoms. The predicted octanol–water partition coefficient (Wildman–Crippen LogP) is 4.52. The van der Waals surface area contributed by atoms with Crippen LogP contribution in [0.5, 0.6) is 0 Å². The number of nitrogens with zero attached hydrogens (tertiary/aromatic N) is 2. The van der Waals surface area contributed by atoms with Crippen LogP contribution < -0.4 is 0 Å². The molecule has 1 heterocycles. The zero-order valence-electron chi connectivity index (χ0n) is 25.2. The van der Waals surface area contributed by atoms with Crippen LogP contribution in [0.25, 0.3) is 11.8 Å². The highest BCUT2D eigenvalue weighted by atomic mass is 16.6. The molecular weight excluding hydrogens is 552 g/mol. The number of benzene rings is 1. The third-order valence-electron chi connectivity index (χ3n) is 10.7. The Kier molecular flexibility index (Phi) is 7.67. The fourth-order valence-corrected chi connectivity index (χ4v) is 9.04. The summed E-state index contributed by atoms with van der Waals surface area (Å²) in [6.07, 6.45) is 5.69. The van der Waals surface area contributed by atoms with Gasteiger partial charge in [0.1, 0.15) is 5.60 Å². The largest absolute Gasteiger partial charge is 0.503 e. The minimum Gasteiger partial charge on any atom is -0.458 e. The Morgan fingerprint density at radius 3 is 2.42 bits per heavy atom. The number of para-hydroxylation sites is 1. The summed E-state index contributed by atoms with van der Waals surface area (Å²) in [4.78, 5) is 33.3. The van der Waals surface area contributed by atoms with Crippen molar-refractivity contribution in [1.29, 1.82) is 0 Å². The molecule has 4 aliphatic rings. The zero-order valence-corrected chi connectivity index (χ0v) is 25.2. The second-order valence-corrected chi connectivity index (χ2v) is 13.1. The molecule has 230 valence electrons. The van der Waals surface area contributed by atoms with Crippen LogP contribution in [0.3, 0.4) is 0 Å². The highest BCUT2D eigenvalue weighted by Crippen LogP contribution is 2.68. The van der Waals surface area contributed by atoms with Gasteiger partial charge in [0.05, 0.1) is 23.7 Å². The summed E-state index contributed by atoms with van der Waals surface area (Å²) in [7, 11) is 0. The second-order valence-electron chi connectivity index (χ2n) is 13.1. The molecule has 10 heteroatoms. The minimum absolute atomic E-state index is 0.00428. The predicted molar refractivity (Wildman–Crippen MR) is 157 cm³/mol. The van der Waals surface area contributed by atoms with Gasteiger partial charge in [0.25, 0.3) is 0 Å². The van der Waals surface area contributed by atoms with Crippen LogP contribution in [0.4, 0.5) is 4.79 Å². The number of carboxylic acid groups (broad SMARTS) is 2. The van der Waals surface area contributed by atoms with Gasteiger partial charge in [0.15, 0.2) is 6.61 Å². The summed E-state index contributed by atoms with van der Waals surface area (Å²) in [5.74, 6) is -1.38. The Morgan fingerprint density at radius 1 is 1.14 bits per heavy atom. The van der Waals surface area contributed by atoms with Crippen molar-refractivity contribution in [3.63, 3.8) is 0 Å². The maximum Gasteiger partial charge on any atom is 0.503 e. The number of esters is 1. The number of fused-ring (bicyclic) bond motifs is 6. The van der Waals surface area contributed by atoms with E-state index in [9.17, 15) is 19.8 Å². The van der Waals surface area contributed by atoms with Gasteiger partial charge in [-0.05, 0) is 73.3 Å². The molecule has 8 atom stereocenters. The first kappa shape index (κ1) is 30.7. The molecule has 1 aromatic heterocycles. The minimum atomic E-state index is -1.83. The van der Waals surface area contributed by atoms with E-state index in [0.29, 0.717) is 12.8 Å². The van der Waals surface area contributed by atoms with Gasteiger partial charge in [-0.2, -0.15) is 5.10 Å². The van der Waals surface area contributed by atoms with Crippen molar-refractivity contribution < 1.29 is 39.5 Å². The SMILES string of the molecule is CC(=O)OCC(=O)[C@@]1(O)[C@H](C)C[C@H]2[C@@H]3C=C(C)C4=Cc5c(cnn5-c5ccccc5)C[C@]4(C)[C@H]3[C@@H](O)C[C@@]21C.O=C(O)O. The maximum absolute atomic E-state index is 13.4. The molecule has 43 heavy (non-hydrogen) atoms. The highest BCUT2D eigenvalue weighted by Gasteiger charge is 2.70. The van der Waals surface area contributed by atoms with Crippen molar-refractivity contribution in [3.8, 4) is 5.69 Å². The monoisotopic (exact) mass is 592 g/mol. The summed E-state index contributed by atoms with van der Waals surface area (Å²) < 4.78 is 7.01. The molecule has 0 amide bonds. The Morgan fingerprint density at radius 2 is 1.79 bits per heavy atom. The fraction of sp³-hybridized carbons (Fsp3) is 0.515. The van der Waals surface area contributed by atoms with E-state index in [1.54, 1.807) is 0 Å². The summed E-state index contributed by atoms with van der Waals surface area (Å²) in [5.41, 5.74) is 2.83. The first-order chi connectivity index (χ1) is 20.1. The van der Waals surface area contributed by atoms with Crippen LogP contribution in [0.2, 0.25) is 0 Å². The molecule has 2 aromatic rings. The molecule has 0 saturated heterocycles. The molecule has 0 spiro atoms. The van der Waals surface area contributed by atoms with E-state index in [2.05, 4.69) is 38.1 Å². The lowest BCUT2D eigenvalue weighted by Gasteiger charge is -2.59. The Labute approximate surface area is 250 Å². The van der Waals surface area contributed by atoms with E-state index in [1.165, 1.54) is 18.1 Å². The second kappa shape index (κ2) is 10.7. The molecule has 2 fully saturated rings. The Hall–Kier alpha value is -3.76. The molecule has 4 N–H and O–H groups in total. The number of hydrogen-bond donors (Lipinski definition) is 4. The van der Waals surface area contributed by atoms with Gasteiger partial charge in [-0.15, -0.1) is 0 Å². The van der Waals surface area contributed by atoms with Crippen LogP contribution in [-0.2, 0) is 20.7 Å². The topological polar surface area (TPSA) is 159 Å². The van der Waals surface area contributed by atoms with E-state index in [-0.39, 0.29) is 29.1 Å². The molecule has 2 saturated carbocycles. The number of hydrogen-bond acceptors (Lipinski definition) is 7. The molecule has 4 aliphatic carbocycles. The van der Waals surface area contributed by atoms with Gasteiger partial charge in [-0.1, -0.05) is 50.6 Å². The number of carbonyl (C=O) groups excluding carboxylic acids is 2. The summed E-state index contributed by atoms with van der Waals surface area (Å²) in [5, 5.41) is 42.6. The number of aliphatic hydroxyl groups excluding tert-OH is 1. The number of ketones is 1. The Balaban J connectivity index is 0.000000868. The third kappa shape index (κ3) is 4.71. The van der Waals surface area contributed by atoms with E-state index >= 15 is 0 Å². The smallest absolute Gasteiger partial charge is 0.458 e. The van der Waals surface area contributed by atoms with Gasteiger partial charge in [0, 0.05) is 23.7 Å². The summed E-state index contributed by atoms with van der Waals surface area (Å²) in [6, 6.07) is 10.1. The number of Topliss-reactive ketones (excluding diaryl/α,β-unsaturated/α-hetero) is 1. The van der Waals surface area contributed by atoms with Crippen LogP contribution in [0, 0.1) is 34.5 Å². The van der Waals surface area contributed by atoms with E-state index in [4.69, 9.17) is 24.8 Å². The van der Waals surface area contributed by atoms with Gasteiger partial charge in [0.2, 0.25) is 5.78 Å². The third-order valence-corrected chi connectivity index (χ3v) is 10.7. The fourth-order valence-electron chi connectivity index (χ4n) is 9.04. The quantitative estimate of drug-likeness (QED) is 0.374. The summed E-state index contributed by atoms with van der Waals surface area (Å²) in [6.45, 7) is 9.08. The normalized spacial score (nSPS) is 35.5. The van der Waals surface area contributed by atoms with Crippen molar-refractivity contribution in [3.05, 3.63) is 65.0 Å². The van der Waals surface area contributed by atoms with Gasteiger partial charge in [-0.25, -0.2) is 9.48 Å². The molecule has 0 aliphatic heterocycles. The average Bonchev–Trinajstić information content (AvgIpc) is 3.42. The molecular formula is C33H40N2O8. The van der Waals surface area contributed by atoms with Crippen LogP contribution in [0.1, 0.15) is 58.7 Å². The molecule has 1 aromatic carbocycles. The van der Waals surface area contributed by atoms with Crippen molar-refractivity contribution >= 4 is 24.0 Å². The average molecular weight is 593 g/mol. The van der Waals surface area contributed by atoms with Gasteiger partial charge >= 0.3 is 12.1 Å². The lowest BCUT2D eigenvalue weighted by atomic mass is 9.46. The van der Waals surface area contributed by atoms with Crippen LogP contribution >= 0.6 is 0 Å². The molecule has 6 rings (SSSR count). The van der Waals surface area contributed by atoms with Crippen LogP contribution in [-0.4, -0.2) is 66.4 Å². The number of rotatable bonds is 4. The number of carbonyl (C=O) groups is 3. The number of aliphatic hydroxyl groups is 2. The van der Waals surface area contributed by atoms with E-state index in [1.807, 2.05) is 42.9 Å². The van der Waals surface area contributed by atoms with Crippen molar-refractivity contribution in [2.24, 2.45) is 34.5 Å². The number of aromatic nitrogens is 2. The lowest BCUT2D eigenvalue weighted by molar-refractivity contribution is -0.182. The van der Waals surface area contributed by atoms with Gasteiger partial charge in [-0.3, -0.25) is 9.59 Å². The van der Waals surface area contributed by atoms with Crippen molar-refractivity contribution in [1.82, 2.24) is 9.78 Å². The van der Waals surface area contributed by atoms with E-state index in [0.717, 1.165) is 23.4 Å². The van der Waals surface area contributed by atoms with Crippen molar-refractivity contribution in [2.45, 2.75) is 65.6 Å². The summed E-state index contributed by atoms with van der Waals surface area (Å²) >= 11 is 0. The first-order valence-corrected chi connectivity index (χ1v) is 14.7. The van der Waals surface area contributed by atoms with Gasteiger partial charge < -0.3 is 25.2 Å². The highest BCUT2D eigenvalue weighted by molar-refractivity contribution is 5.91.